The Hall–Kier alpha value is -0.643. The van der Waals surface area contributed by atoms with Gasteiger partial charge in [-0.25, -0.2) is 0 Å². The number of rotatable bonds is 4. The highest BCUT2D eigenvalue weighted by atomic mass is 28.4. The van der Waals surface area contributed by atoms with Crippen molar-refractivity contribution in [2.45, 2.75) is 37.1 Å². The molecule has 0 heterocycles. The minimum atomic E-state index is -2.30. The molecule has 0 N–H and O–H groups in total. The highest BCUT2D eigenvalue weighted by Gasteiger charge is 2.63. The predicted octanol–water partition coefficient (Wildman–Crippen LogP) is 2.96. The summed E-state index contributed by atoms with van der Waals surface area (Å²) < 4.78 is 12.2. The summed E-state index contributed by atoms with van der Waals surface area (Å²) in [6, 6.07) is 10.7. The maximum Gasteiger partial charge on any atom is 0.378 e. The maximum atomic E-state index is 6.09. The van der Waals surface area contributed by atoms with E-state index >= 15 is 0 Å². The van der Waals surface area contributed by atoms with E-state index in [1.165, 1.54) is 37.3 Å². The van der Waals surface area contributed by atoms with Gasteiger partial charge in [-0.05, 0) is 43.2 Å². The molecule has 2 fully saturated rings. The summed E-state index contributed by atoms with van der Waals surface area (Å²) in [5.41, 5.74) is 0. The van der Waals surface area contributed by atoms with E-state index in [9.17, 15) is 0 Å². The molecule has 0 aliphatic heterocycles. The average molecular weight is 262 g/mol. The van der Waals surface area contributed by atoms with Crippen LogP contribution in [-0.2, 0) is 8.85 Å². The lowest BCUT2D eigenvalue weighted by molar-refractivity contribution is 0.216. The molecular formula is C15H22O2Si. The molecule has 3 rings (SSSR count). The molecule has 1 aromatic rings. The third-order valence-corrected chi connectivity index (χ3v) is 9.51. The normalized spacial score (nSPS) is 30.9. The summed E-state index contributed by atoms with van der Waals surface area (Å²) >= 11 is 0. The van der Waals surface area contributed by atoms with Gasteiger partial charge in [0.2, 0.25) is 0 Å². The maximum absolute atomic E-state index is 6.09. The van der Waals surface area contributed by atoms with Crippen LogP contribution in [0.15, 0.2) is 30.3 Å². The second-order valence-electron chi connectivity index (χ2n) is 5.82. The van der Waals surface area contributed by atoms with Gasteiger partial charge in [0.1, 0.15) is 0 Å². The van der Waals surface area contributed by atoms with Gasteiger partial charge >= 0.3 is 8.56 Å². The monoisotopic (exact) mass is 262 g/mol. The van der Waals surface area contributed by atoms with Crippen molar-refractivity contribution in [3.63, 3.8) is 0 Å². The van der Waals surface area contributed by atoms with Crippen LogP contribution in [0.2, 0.25) is 5.04 Å². The third-order valence-electron chi connectivity index (χ3n) is 5.17. The van der Waals surface area contributed by atoms with E-state index in [1.807, 2.05) is 14.2 Å². The van der Waals surface area contributed by atoms with Gasteiger partial charge in [-0.2, -0.15) is 0 Å². The molecule has 0 saturated heterocycles. The lowest BCUT2D eigenvalue weighted by Gasteiger charge is -2.42. The Kier molecular flexibility index (Phi) is 3.08. The molecule has 18 heavy (non-hydrogen) atoms. The van der Waals surface area contributed by atoms with Crippen molar-refractivity contribution in [3.8, 4) is 0 Å². The van der Waals surface area contributed by atoms with Crippen LogP contribution >= 0.6 is 0 Å². The van der Waals surface area contributed by atoms with Crippen molar-refractivity contribution in [1.82, 2.24) is 0 Å². The Morgan fingerprint density at radius 3 is 2.11 bits per heavy atom. The molecule has 0 radical (unpaired) electrons. The first-order valence-corrected chi connectivity index (χ1v) is 8.74. The molecule has 0 amide bonds. The van der Waals surface area contributed by atoms with Gasteiger partial charge < -0.3 is 8.85 Å². The Morgan fingerprint density at radius 2 is 1.67 bits per heavy atom. The van der Waals surface area contributed by atoms with E-state index in [4.69, 9.17) is 8.85 Å². The fourth-order valence-corrected chi connectivity index (χ4v) is 8.62. The molecule has 0 spiro atoms. The zero-order valence-electron chi connectivity index (χ0n) is 11.3. The van der Waals surface area contributed by atoms with Crippen molar-refractivity contribution >= 4 is 13.7 Å². The van der Waals surface area contributed by atoms with Gasteiger partial charge in [-0.15, -0.1) is 0 Å². The molecule has 1 aromatic carbocycles. The van der Waals surface area contributed by atoms with Crippen LogP contribution in [0.5, 0.6) is 0 Å². The Labute approximate surface area is 111 Å². The summed E-state index contributed by atoms with van der Waals surface area (Å²) in [6.45, 7) is 0. The van der Waals surface area contributed by atoms with Crippen LogP contribution in [0.4, 0.5) is 0 Å². The van der Waals surface area contributed by atoms with Crippen molar-refractivity contribution in [2.75, 3.05) is 14.2 Å². The highest BCUT2D eigenvalue weighted by Crippen LogP contribution is 2.64. The molecule has 98 valence electrons. The largest absolute Gasteiger partial charge is 0.394 e. The van der Waals surface area contributed by atoms with Crippen molar-refractivity contribution in [3.05, 3.63) is 30.3 Å². The Balaban J connectivity index is 2.07. The SMILES string of the molecule is CO[Si](OC)(c1ccccc1)C12CCC(CC1)C2. The van der Waals surface area contributed by atoms with Crippen LogP contribution in [0, 0.1) is 5.92 Å². The molecule has 2 nitrogen and oxygen atoms in total. The summed E-state index contributed by atoms with van der Waals surface area (Å²) in [7, 11) is 1.41. The van der Waals surface area contributed by atoms with E-state index in [-0.39, 0.29) is 0 Å². The summed E-state index contributed by atoms with van der Waals surface area (Å²) in [4.78, 5) is 0. The minimum Gasteiger partial charge on any atom is -0.394 e. The first kappa shape index (κ1) is 12.4. The van der Waals surface area contributed by atoms with Crippen molar-refractivity contribution < 1.29 is 8.85 Å². The zero-order chi connectivity index (χ0) is 12.6. The van der Waals surface area contributed by atoms with Gasteiger partial charge in [-0.1, -0.05) is 30.3 Å². The average Bonchev–Trinajstić information content (AvgIpc) is 3.04. The molecule has 2 aliphatic rings. The summed E-state index contributed by atoms with van der Waals surface area (Å²) in [5.74, 6) is 0.922. The fraction of sp³-hybridized carbons (Fsp3) is 0.600. The van der Waals surface area contributed by atoms with Crippen molar-refractivity contribution in [2.24, 2.45) is 5.92 Å². The second-order valence-corrected chi connectivity index (χ2v) is 9.51. The second kappa shape index (κ2) is 4.48. The number of hydrogen-bond acceptors (Lipinski definition) is 2. The van der Waals surface area contributed by atoms with Crippen LogP contribution in [0.25, 0.3) is 0 Å². The predicted molar refractivity (Wildman–Crippen MR) is 75.1 cm³/mol. The molecule has 2 saturated carbocycles. The van der Waals surface area contributed by atoms with E-state index < -0.39 is 8.56 Å². The molecular weight excluding hydrogens is 240 g/mol. The summed E-state index contributed by atoms with van der Waals surface area (Å²) in [6.07, 6.45) is 6.64. The Morgan fingerprint density at radius 1 is 1.06 bits per heavy atom. The smallest absolute Gasteiger partial charge is 0.378 e. The molecule has 0 aromatic heterocycles. The molecule has 0 atom stereocenters. The van der Waals surface area contributed by atoms with Crippen LogP contribution < -0.4 is 5.19 Å². The quantitative estimate of drug-likeness (QED) is 0.777. The first-order chi connectivity index (χ1) is 8.76. The zero-order valence-corrected chi connectivity index (χ0v) is 12.3. The van der Waals surface area contributed by atoms with E-state index in [0.29, 0.717) is 5.04 Å². The third kappa shape index (κ3) is 1.54. The van der Waals surface area contributed by atoms with Crippen LogP contribution in [-0.4, -0.2) is 22.8 Å². The molecule has 2 bridgehead atoms. The van der Waals surface area contributed by atoms with E-state index in [0.717, 1.165) is 5.92 Å². The van der Waals surface area contributed by atoms with Gasteiger partial charge in [0.15, 0.2) is 0 Å². The minimum absolute atomic E-state index is 0.322. The molecule has 0 unspecified atom stereocenters. The standard InChI is InChI=1S/C15H22O2Si/c1-16-18(17-2,14-6-4-3-5-7-14)15-10-8-13(12-15)9-11-15/h3-7,13H,8-12H2,1-2H3. The Bertz CT molecular complexity index is 406. The number of benzene rings is 1. The van der Waals surface area contributed by atoms with Gasteiger partial charge in [0.05, 0.1) is 0 Å². The van der Waals surface area contributed by atoms with Gasteiger partial charge in [-0.3, -0.25) is 0 Å². The van der Waals surface area contributed by atoms with E-state index in [2.05, 4.69) is 30.3 Å². The van der Waals surface area contributed by atoms with Gasteiger partial charge in [0, 0.05) is 19.3 Å². The highest BCUT2D eigenvalue weighted by molar-refractivity contribution is 6.83. The first-order valence-electron chi connectivity index (χ1n) is 6.92. The lowest BCUT2D eigenvalue weighted by Crippen LogP contribution is -2.60. The van der Waals surface area contributed by atoms with Crippen LogP contribution in [0.1, 0.15) is 32.1 Å². The lowest BCUT2D eigenvalue weighted by atomic mass is 10.0. The summed E-state index contributed by atoms with van der Waals surface area (Å²) in [5, 5.41) is 1.63. The number of fused-ring (bicyclic) bond motifs is 2. The van der Waals surface area contributed by atoms with Crippen molar-refractivity contribution in [1.29, 1.82) is 0 Å². The molecule has 2 aliphatic carbocycles. The van der Waals surface area contributed by atoms with Gasteiger partial charge in [0.25, 0.3) is 0 Å². The topological polar surface area (TPSA) is 18.5 Å². The fourth-order valence-electron chi connectivity index (χ4n) is 4.37. The number of hydrogen-bond donors (Lipinski definition) is 0. The molecule has 3 heteroatoms. The van der Waals surface area contributed by atoms with Crippen LogP contribution in [0.3, 0.4) is 0 Å². The van der Waals surface area contributed by atoms with E-state index in [1.54, 1.807) is 0 Å².